The van der Waals surface area contributed by atoms with Crippen molar-refractivity contribution >= 4 is 0 Å². The van der Waals surface area contributed by atoms with E-state index in [1.807, 2.05) is 19.1 Å². The van der Waals surface area contributed by atoms with Crippen LogP contribution in [0, 0.1) is 11.8 Å². The topological polar surface area (TPSA) is 41.5 Å². The van der Waals surface area contributed by atoms with E-state index >= 15 is 0 Å². The monoisotopic (exact) mass is 249 g/mol. The average molecular weight is 249 g/mol. The lowest BCUT2D eigenvalue weighted by Crippen LogP contribution is -2.21. The van der Waals surface area contributed by atoms with Gasteiger partial charge in [0.1, 0.15) is 0 Å². The minimum absolute atomic E-state index is 0.269. The molecule has 3 nitrogen and oxygen atoms in total. The van der Waals surface area contributed by atoms with Crippen LogP contribution in [0.5, 0.6) is 11.5 Å². The standard InChI is InChI=1S/C15H23NO2/c1-3-18-14-6-4-5-13(15(14)17)10-16-9-11(2)12-7-8-12/h4-6,11-12,16-17H,3,7-10H2,1-2H3. The number of phenolic OH excluding ortho intramolecular Hbond substituents is 1. The summed E-state index contributed by atoms with van der Waals surface area (Å²) in [5.74, 6) is 2.50. The van der Waals surface area contributed by atoms with E-state index < -0.39 is 0 Å². The van der Waals surface area contributed by atoms with E-state index in [1.165, 1.54) is 12.8 Å². The summed E-state index contributed by atoms with van der Waals surface area (Å²) in [4.78, 5) is 0. The third-order valence-electron chi connectivity index (χ3n) is 3.59. The van der Waals surface area contributed by atoms with E-state index in [1.54, 1.807) is 6.07 Å². The number of phenols is 1. The van der Waals surface area contributed by atoms with Gasteiger partial charge in [0.05, 0.1) is 6.61 Å². The maximum absolute atomic E-state index is 10.0. The second-order valence-corrected chi connectivity index (χ2v) is 5.14. The normalized spacial score (nSPS) is 16.6. The summed E-state index contributed by atoms with van der Waals surface area (Å²) in [5, 5.41) is 13.5. The Balaban J connectivity index is 1.86. The van der Waals surface area contributed by atoms with Crippen molar-refractivity contribution in [2.45, 2.75) is 33.2 Å². The number of ether oxygens (including phenoxy) is 1. The van der Waals surface area contributed by atoms with Gasteiger partial charge in [-0.1, -0.05) is 19.1 Å². The Labute approximate surface area is 109 Å². The summed E-state index contributed by atoms with van der Waals surface area (Å²) in [7, 11) is 0. The lowest BCUT2D eigenvalue weighted by molar-refractivity contribution is 0.316. The largest absolute Gasteiger partial charge is 0.504 e. The highest BCUT2D eigenvalue weighted by molar-refractivity contribution is 5.45. The highest BCUT2D eigenvalue weighted by Gasteiger charge is 2.27. The second kappa shape index (κ2) is 6.10. The first kappa shape index (κ1) is 13.2. The van der Waals surface area contributed by atoms with Crippen LogP contribution in [-0.4, -0.2) is 18.3 Å². The fourth-order valence-electron chi connectivity index (χ4n) is 2.25. The molecule has 0 spiro atoms. The zero-order valence-corrected chi connectivity index (χ0v) is 11.3. The molecular formula is C15H23NO2. The van der Waals surface area contributed by atoms with Gasteiger partial charge in [-0.15, -0.1) is 0 Å². The third kappa shape index (κ3) is 3.39. The quantitative estimate of drug-likeness (QED) is 0.780. The molecule has 2 rings (SSSR count). The van der Waals surface area contributed by atoms with Gasteiger partial charge in [-0.2, -0.15) is 0 Å². The minimum Gasteiger partial charge on any atom is -0.504 e. The number of benzene rings is 1. The van der Waals surface area contributed by atoms with Crippen molar-refractivity contribution in [3.8, 4) is 11.5 Å². The van der Waals surface area contributed by atoms with E-state index in [2.05, 4.69) is 12.2 Å². The highest BCUT2D eigenvalue weighted by Crippen LogP contribution is 2.36. The smallest absolute Gasteiger partial charge is 0.162 e. The van der Waals surface area contributed by atoms with Crippen molar-refractivity contribution in [2.75, 3.05) is 13.2 Å². The molecule has 1 aliphatic carbocycles. The zero-order chi connectivity index (χ0) is 13.0. The van der Waals surface area contributed by atoms with Gasteiger partial charge in [-0.3, -0.25) is 0 Å². The minimum atomic E-state index is 0.269. The molecule has 1 aromatic carbocycles. The molecule has 1 atom stereocenters. The van der Waals surface area contributed by atoms with Gasteiger partial charge in [0, 0.05) is 12.1 Å². The van der Waals surface area contributed by atoms with Crippen molar-refractivity contribution in [3.05, 3.63) is 23.8 Å². The fraction of sp³-hybridized carbons (Fsp3) is 0.600. The molecule has 3 heteroatoms. The van der Waals surface area contributed by atoms with Crippen LogP contribution < -0.4 is 10.1 Å². The van der Waals surface area contributed by atoms with Gasteiger partial charge in [0.15, 0.2) is 11.5 Å². The first-order valence-electron chi connectivity index (χ1n) is 6.86. The van der Waals surface area contributed by atoms with Crippen molar-refractivity contribution in [1.29, 1.82) is 0 Å². The van der Waals surface area contributed by atoms with Gasteiger partial charge >= 0.3 is 0 Å². The molecule has 1 unspecified atom stereocenters. The molecule has 1 aromatic rings. The Kier molecular flexibility index (Phi) is 4.48. The van der Waals surface area contributed by atoms with Gasteiger partial charge in [0.25, 0.3) is 0 Å². The van der Waals surface area contributed by atoms with Gasteiger partial charge < -0.3 is 15.2 Å². The molecule has 100 valence electrons. The van der Waals surface area contributed by atoms with Crippen molar-refractivity contribution in [1.82, 2.24) is 5.32 Å². The van der Waals surface area contributed by atoms with Gasteiger partial charge in [-0.05, 0) is 44.2 Å². The Morgan fingerprint density at radius 1 is 1.44 bits per heavy atom. The van der Waals surface area contributed by atoms with Crippen LogP contribution in [-0.2, 0) is 6.54 Å². The first-order valence-corrected chi connectivity index (χ1v) is 6.86. The number of aromatic hydroxyl groups is 1. The number of rotatable bonds is 7. The number of hydrogen-bond acceptors (Lipinski definition) is 3. The molecule has 0 heterocycles. The second-order valence-electron chi connectivity index (χ2n) is 5.14. The summed E-state index contributed by atoms with van der Waals surface area (Å²) in [6, 6.07) is 5.66. The zero-order valence-electron chi connectivity index (χ0n) is 11.3. The van der Waals surface area contributed by atoms with E-state index in [9.17, 15) is 5.11 Å². The summed E-state index contributed by atoms with van der Waals surface area (Å²) in [6.07, 6.45) is 2.77. The SMILES string of the molecule is CCOc1cccc(CNCC(C)C2CC2)c1O. The lowest BCUT2D eigenvalue weighted by atomic mass is 10.1. The molecule has 1 saturated carbocycles. The van der Waals surface area contributed by atoms with Gasteiger partial charge in [-0.25, -0.2) is 0 Å². The molecule has 0 amide bonds. The molecule has 18 heavy (non-hydrogen) atoms. The fourth-order valence-corrected chi connectivity index (χ4v) is 2.25. The highest BCUT2D eigenvalue weighted by atomic mass is 16.5. The van der Waals surface area contributed by atoms with Crippen molar-refractivity contribution in [2.24, 2.45) is 11.8 Å². The van der Waals surface area contributed by atoms with E-state index in [-0.39, 0.29) is 5.75 Å². The van der Waals surface area contributed by atoms with E-state index in [0.717, 1.165) is 23.9 Å². The molecule has 0 saturated heterocycles. The molecule has 0 aromatic heterocycles. The molecule has 1 aliphatic rings. The number of nitrogens with one attached hydrogen (secondary N) is 1. The van der Waals surface area contributed by atoms with Crippen LogP contribution in [0.15, 0.2) is 18.2 Å². The summed E-state index contributed by atoms with van der Waals surface area (Å²) >= 11 is 0. The third-order valence-corrected chi connectivity index (χ3v) is 3.59. The Morgan fingerprint density at radius 2 is 2.22 bits per heavy atom. The predicted octanol–water partition coefficient (Wildman–Crippen LogP) is 2.93. The number of hydrogen-bond donors (Lipinski definition) is 2. The predicted molar refractivity (Wildman–Crippen MR) is 72.9 cm³/mol. The first-order chi connectivity index (χ1) is 8.72. The summed E-state index contributed by atoms with van der Waals surface area (Å²) < 4.78 is 5.38. The van der Waals surface area contributed by atoms with E-state index in [4.69, 9.17) is 4.74 Å². The summed E-state index contributed by atoms with van der Waals surface area (Å²) in [6.45, 7) is 6.50. The van der Waals surface area contributed by atoms with Crippen LogP contribution in [0.3, 0.4) is 0 Å². The van der Waals surface area contributed by atoms with Crippen LogP contribution in [0.25, 0.3) is 0 Å². The molecule has 1 fully saturated rings. The Morgan fingerprint density at radius 3 is 2.89 bits per heavy atom. The van der Waals surface area contributed by atoms with Crippen molar-refractivity contribution < 1.29 is 9.84 Å². The lowest BCUT2D eigenvalue weighted by Gasteiger charge is -2.13. The van der Waals surface area contributed by atoms with Crippen LogP contribution in [0.1, 0.15) is 32.3 Å². The van der Waals surface area contributed by atoms with E-state index in [0.29, 0.717) is 18.9 Å². The Hall–Kier alpha value is -1.22. The van der Waals surface area contributed by atoms with Crippen LogP contribution in [0.4, 0.5) is 0 Å². The van der Waals surface area contributed by atoms with Crippen LogP contribution in [0.2, 0.25) is 0 Å². The van der Waals surface area contributed by atoms with Gasteiger partial charge in [0.2, 0.25) is 0 Å². The molecule has 2 N–H and O–H groups in total. The van der Waals surface area contributed by atoms with Crippen LogP contribution >= 0.6 is 0 Å². The van der Waals surface area contributed by atoms with Crippen molar-refractivity contribution in [3.63, 3.8) is 0 Å². The molecule has 0 aliphatic heterocycles. The summed E-state index contributed by atoms with van der Waals surface area (Å²) in [5.41, 5.74) is 0.906. The Bertz CT molecular complexity index is 388. The maximum atomic E-state index is 10.0. The molecule has 0 radical (unpaired) electrons. The number of para-hydroxylation sites is 1. The maximum Gasteiger partial charge on any atom is 0.162 e. The molecular weight excluding hydrogens is 226 g/mol. The average Bonchev–Trinajstić information content (AvgIpc) is 3.18. The molecule has 0 bridgehead atoms.